The molecule has 2 N–H and O–H groups in total. The van der Waals surface area contributed by atoms with E-state index in [9.17, 15) is 44.3 Å². The zero-order valence-corrected chi connectivity index (χ0v) is 18.5. The average Bonchev–Trinajstić information content (AvgIpc) is 3.24. The summed E-state index contributed by atoms with van der Waals surface area (Å²) in [5.41, 5.74) is -3.46. The van der Waals surface area contributed by atoms with Crippen LogP contribution in [0.2, 0.25) is 0 Å². The van der Waals surface area contributed by atoms with Gasteiger partial charge in [-0.25, -0.2) is 4.68 Å². The largest absolute Gasteiger partial charge is 0.416 e. The van der Waals surface area contributed by atoms with Gasteiger partial charge in [-0.1, -0.05) is 30.3 Å². The number of carbonyl (C=O) groups is 1. The molecule has 4 rings (SSSR count). The number of hydrogen-bond acceptors (Lipinski definition) is 3. The van der Waals surface area contributed by atoms with Crippen LogP contribution in [0.15, 0.2) is 54.7 Å². The molecule has 3 aromatic rings. The van der Waals surface area contributed by atoms with Crippen LogP contribution < -0.4 is 10.6 Å². The third-order valence-electron chi connectivity index (χ3n) is 5.79. The monoisotopic (exact) mass is 536 g/mol. The van der Waals surface area contributed by atoms with Gasteiger partial charge in [0.1, 0.15) is 11.4 Å². The van der Waals surface area contributed by atoms with E-state index in [-0.39, 0.29) is 17.4 Å². The van der Waals surface area contributed by atoms with Gasteiger partial charge in [0.2, 0.25) is 0 Å². The molecule has 14 heteroatoms. The Labute approximate surface area is 203 Å². The molecule has 0 saturated carbocycles. The van der Waals surface area contributed by atoms with Crippen molar-refractivity contribution in [2.45, 2.75) is 43.6 Å². The lowest BCUT2D eigenvalue weighted by Gasteiger charge is -2.34. The van der Waals surface area contributed by atoms with Gasteiger partial charge in [0.15, 0.2) is 6.04 Å². The van der Waals surface area contributed by atoms with Crippen molar-refractivity contribution < 1.29 is 44.3 Å². The summed E-state index contributed by atoms with van der Waals surface area (Å²) >= 11 is 0. The minimum atomic E-state index is -5.08. The molecule has 198 valence electrons. The zero-order valence-electron chi connectivity index (χ0n) is 18.5. The summed E-state index contributed by atoms with van der Waals surface area (Å²) in [6, 6.07) is 6.06. The lowest BCUT2D eigenvalue weighted by Crippen LogP contribution is -2.36. The fourth-order valence-electron chi connectivity index (χ4n) is 4.03. The van der Waals surface area contributed by atoms with E-state index >= 15 is 0 Å². The maximum atomic E-state index is 13.8. The molecule has 1 aliphatic rings. The number of aromatic nitrogens is 2. The van der Waals surface area contributed by atoms with E-state index < -0.39 is 66.2 Å². The number of amides is 1. The number of nitrogens with one attached hydrogen (secondary N) is 2. The number of halogens is 9. The molecule has 0 saturated heterocycles. The highest BCUT2D eigenvalue weighted by Crippen LogP contribution is 2.44. The molecule has 0 spiro atoms. The lowest BCUT2D eigenvalue weighted by atomic mass is 9.96. The molecule has 1 aromatic heterocycles. The van der Waals surface area contributed by atoms with E-state index in [4.69, 9.17) is 0 Å². The summed E-state index contributed by atoms with van der Waals surface area (Å²) in [6.45, 7) is -0.749. The van der Waals surface area contributed by atoms with Gasteiger partial charge in [-0.2, -0.15) is 44.6 Å². The molecule has 5 nitrogen and oxygen atoms in total. The molecule has 0 aliphatic carbocycles. The summed E-state index contributed by atoms with van der Waals surface area (Å²) in [5, 5.41) is 8.69. The Morgan fingerprint density at radius 2 is 1.54 bits per heavy atom. The molecule has 0 fully saturated rings. The van der Waals surface area contributed by atoms with Crippen LogP contribution in [0.3, 0.4) is 0 Å². The first-order valence-corrected chi connectivity index (χ1v) is 10.7. The summed E-state index contributed by atoms with van der Waals surface area (Å²) < 4.78 is 120. The Kier molecular flexibility index (Phi) is 6.63. The van der Waals surface area contributed by atoms with Gasteiger partial charge < -0.3 is 10.6 Å². The third-order valence-corrected chi connectivity index (χ3v) is 5.79. The van der Waals surface area contributed by atoms with Gasteiger partial charge in [-0.3, -0.25) is 4.79 Å². The number of rotatable bonds is 4. The van der Waals surface area contributed by atoms with Gasteiger partial charge in [-0.15, -0.1) is 0 Å². The number of hydrogen-bond donors (Lipinski definition) is 2. The molecule has 1 aliphatic heterocycles. The van der Waals surface area contributed by atoms with Crippen molar-refractivity contribution in [3.8, 4) is 0 Å². The normalized spacial score (nSPS) is 18.2. The molecule has 1 amide bonds. The molecule has 2 aromatic carbocycles. The van der Waals surface area contributed by atoms with Crippen molar-refractivity contribution in [2.75, 3.05) is 5.32 Å². The van der Waals surface area contributed by atoms with Crippen molar-refractivity contribution >= 4 is 11.7 Å². The molecule has 0 bridgehead atoms. The lowest BCUT2D eigenvalue weighted by molar-refractivity contribution is -0.173. The van der Waals surface area contributed by atoms with Gasteiger partial charge in [0.25, 0.3) is 5.91 Å². The standard InChI is InChI=1S/C23H17F9N4O/c24-21(25,26)14-6-12(7-15(8-14)22(27,28)29)10-33-20(37)16-11-34-36-18(23(30,31)32)9-17(35-19(16)36)13-4-2-1-3-5-13/h1-8,11,17-18,35H,9-10H2,(H,33,37). The summed E-state index contributed by atoms with van der Waals surface area (Å²) in [5.74, 6) is -1.31. The first-order chi connectivity index (χ1) is 17.1. The maximum absolute atomic E-state index is 13.8. The predicted octanol–water partition coefficient (Wildman–Crippen LogP) is 6.51. The van der Waals surface area contributed by atoms with Crippen molar-refractivity contribution in [2.24, 2.45) is 0 Å². The fraction of sp³-hybridized carbons (Fsp3) is 0.304. The number of anilines is 1. The molecular weight excluding hydrogens is 519 g/mol. The second-order valence-corrected chi connectivity index (χ2v) is 8.35. The number of fused-ring (bicyclic) bond motifs is 1. The van der Waals surface area contributed by atoms with E-state index in [2.05, 4.69) is 15.7 Å². The topological polar surface area (TPSA) is 59.0 Å². The second kappa shape index (κ2) is 9.30. The van der Waals surface area contributed by atoms with Crippen LogP contribution in [-0.4, -0.2) is 21.9 Å². The van der Waals surface area contributed by atoms with Crippen LogP contribution in [0.5, 0.6) is 0 Å². The number of nitrogens with zero attached hydrogens (tertiary/aromatic N) is 2. The quantitative estimate of drug-likeness (QED) is 0.374. The van der Waals surface area contributed by atoms with Gasteiger partial charge in [0, 0.05) is 13.0 Å². The van der Waals surface area contributed by atoms with E-state index in [1.807, 2.05) is 0 Å². The number of alkyl halides is 9. The highest BCUT2D eigenvalue weighted by Gasteiger charge is 2.47. The highest BCUT2D eigenvalue weighted by atomic mass is 19.4. The van der Waals surface area contributed by atoms with E-state index in [1.165, 1.54) is 0 Å². The van der Waals surface area contributed by atoms with Crippen molar-refractivity contribution in [1.29, 1.82) is 0 Å². The van der Waals surface area contributed by atoms with E-state index in [0.29, 0.717) is 22.4 Å². The summed E-state index contributed by atoms with van der Waals surface area (Å²) in [7, 11) is 0. The van der Waals surface area contributed by atoms with Crippen molar-refractivity contribution in [1.82, 2.24) is 15.1 Å². The van der Waals surface area contributed by atoms with Gasteiger partial charge in [0.05, 0.1) is 23.4 Å². The molecular formula is C23H17F9N4O. The van der Waals surface area contributed by atoms with Gasteiger partial charge >= 0.3 is 18.5 Å². The Morgan fingerprint density at radius 1 is 0.946 bits per heavy atom. The first kappa shape index (κ1) is 26.4. The van der Waals surface area contributed by atoms with Crippen LogP contribution >= 0.6 is 0 Å². The Balaban J connectivity index is 1.62. The maximum Gasteiger partial charge on any atom is 0.416 e. The van der Waals surface area contributed by atoms with Crippen LogP contribution in [0, 0.1) is 0 Å². The molecule has 37 heavy (non-hydrogen) atoms. The zero-order chi connectivity index (χ0) is 27.2. The Bertz CT molecular complexity index is 1250. The van der Waals surface area contributed by atoms with E-state index in [0.717, 1.165) is 6.20 Å². The van der Waals surface area contributed by atoms with Crippen molar-refractivity contribution in [3.63, 3.8) is 0 Å². The van der Waals surface area contributed by atoms with Crippen LogP contribution in [0.25, 0.3) is 0 Å². The minimum Gasteiger partial charge on any atom is -0.363 e. The Hall–Kier alpha value is -3.71. The molecule has 2 atom stereocenters. The average molecular weight is 536 g/mol. The first-order valence-electron chi connectivity index (χ1n) is 10.7. The third kappa shape index (κ3) is 5.67. The number of benzene rings is 2. The van der Waals surface area contributed by atoms with Crippen molar-refractivity contribution in [3.05, 3.63) is 82.5 Å². The summed E-state index contributed by atoms with van der Waals surface area (Å²) in [6.07, 6.45) is -14.4. The second-order valence-electron chi connectivity index (χ2n) is 8.35. The molecule has 2 unspecified atom stereocenters. The number of carbonyl (C=O) groups excluding carboxylic acids is 1. The van der Waals surface area contributed by atoms with Gasteiger partial charge in [-0.05, 0) is 29.3 Å². The molecule has 2 heterocycles. The van der Waals surface area contributed by atoms with E-state index in [1.54, 1.807) is 30.3 Å². The summed E-state index contributed by atoms with van der Waals surface area (Å²) in [4.78, 5) is 12.8. The van der Waals surface area contributed by atoms with Crippen LogP contribution in [0.4, 0.5) is 45.3 Å². The predicted molar refractivity (Wildman–Crippen MR) is 112 cm³/mol. The van der Waals surface area contributed by atoms with Crippen LogP contribution in [-0.2, 0) is 18.9 Å². The SMILES string of the molecule is O=C(NCc1cc(C(F)(F)F)cc(C(F)(F)F)c1)c1cnn2c1NC(c1ccccc1)CC2C(F)(F)F. The minimum absolute atomic E-state index is 0.0512. The Morgan fingerprint density at radius 3 is 2.08 bits per heavy atom. The highest BCUT2D eigenvalue weighted by molar-refractivity contribution is 5.98. The van der Waals surface area contributed by atoms with Crippen LogP contribution in [0.1, 0.15) is 51.1 Å². The smallest absolute Gasteiger partial charge is 0.363 e. The molecule has 0 radical (unpaired) electrons. The fourth-order valence-corrected chi connectivity index (χ4v) is 4.03.